The molecule has 0 bridgehead atoms. The molecule has 0 aliphatic carbocycles. The molecule has 3 aromatic rings. The molecular formula is C17H16N6O3S2. The van der Waals surface area contributed by atoms with E-state index in [1.807, 2.05) is 19.1 Å². The summed E-state index contributed by atoms with van der Waals surface area (Å²) in [5, 5.41) is 13.4. The van der Waals surface area contributed by atoms with Crippen LogP contribution in [-0.2, 0) is 10.0 Å². The molecule has 1 N–H and O–H groups in total. The fourth-order valence-corrected chi connectivity index (χ4v) is 4.85. The number of hydrogen-bond acceptors (Lipinski definition) is 9. The van der Waals surface area contributed by atoms with Crippen LogP contribution < -0.4 is 4.31 Å². The van der Waals surface area contributed by atoms with E-state index in [1.165, 1.54) is 21.8 Å². The number of fused-ring (bicyclic) bond motifs is 1. The van der Waals surface area contributed by atoms with Crippen LogP contribution in [0.25, 0.3) is 21.1 Å². The molecular weight excluding hydrogens is 400 g/mol. The number of thiazole rings is 1. The van der Waals surface area contributed by atoms with Gasteiger partial charge in [0.05, 0.1) is 23.0 Å². The predicted molar refractivity (Wildman–Crippen MR) is 106 cm³/mol. The monoisotopic (exact) mass is 416 g/mol. The fourth-order valence-electron chi connectivity index (χ4n) is 2.97. The third-order valence-electron chi connectivity index (χ3n) is 4.27. The molecule has 3 aromatic heterocycles. The van der Waals surface area contributed by atoms with E-state index in [-0.39, 0.29) is 24.5 Å². The van der Waals surface area contributed by atoms with E-state index in [4.69, 9.17) is 0 Å². The second-order valence-corrected chi connectivity index (χ2v) is 9.14. The van der Waals surface area contributed by atoms with E-state index in [1.54, 1.807) is 12.4 Å². The minimum absolute atomic E-state index is 0.157. The highest BCUT2D eigenvalue weighted by atomic mass is 32.2. The van der Waals surface area contributed by atoms with Crippen molar-refractivity contribution in [3.63, 3.8) is 0 Å². The van der Waals surface area contributed by atoms with E-state index in [0.717, 1.165) is 27.4 Å². The third-order valence-corrected chi connectivity index (χ3v) is 6.66. The lowest BCUT2D eigenvalue weighted by Crippen LogP contribution is -2.38. The highest BCUT2D eigenvalue weighted by Crippen LogP contribution is 2.35. The van der Waals surface area contributed by atoms with E-state index in [2.05, 4.69) is 25.1 Å². The molecule has 1 aliphatic heterocycles. The maximum atomic E-state index is 12.1. The van der Waals surface area contributed by atoms with Crippen LogP contribution in [0.2, 0.25) is 0 Å². The van der Waals surface area contributed by atoms with Crippen molar-refractivity contribution in [1.82, 2.24) is 19.9 Å². The number of hydrogen-bond donors (Lipinski definition) is 1. The molecule has 11 heteroatoms. The lowest BCUT2D eigenvalue weighted by molar-refractivity contribution is 0.317. The smallest absolute Gasteiger partial charge is 0.233 e. The van der Waals surface area contributed by atoms with E-state index < -0.39 is 10.0 Å². The zero-order valence-corrected chi connectivity index (χ0v) is 16.7. The molecule has 0 aromatic carbocycles. The number of nitrogens with zero attached hydrogens (tertiary/aromatic N) is 6. The molecule has 0 radical (unpaired) electrons. The van der Waals surface area contributed by atoms with Crippen molar-refractivity contribution in [2.75, 3.05) is 17.1 Å². The van der Waals surface area contributed by atoms with Gasteiger partial charge in [-0.05, 0) is 19.1 Å². The number of pyridine rings is 1. The summed E-state index contributed by atoms with van der Waals surface area (Å²) in [4.78, 5) is 18.4. The average Bonchev–Trinajstić information content (AvgIpc) is 3.08. The highest BCUT2D eigenvalue weighted by molar-refractivity contribution is 7.92. The fraction of sp³-hybridized carbons (Fsp3) is 0.235. The van der Waals surface area contributed by atoms with Crippen LogP contribution in [0.3, 0.4) is 0 Å². The van der Waals surface area contributed by atoms with E-state index in [0.29, 0.717) is 11.4 Å². The Hall–Kier alpha value is -2.92. The first-order chi connectivity index (χ1) is 13.4. The topological polar surface area (TPSA) is 122 Å². The first-order valence-electron chi connectivity index (χ1n) is 8.32. The van der Waals surface area contributed by atoms with Gasteiger partial charge in [-0.2, -0.15) is 0 Å². The number of sulfonamides is 1. The Morgan fingerprint density at radius 1 is 1.29 bits per heavy atom. The summed E-state index contributed by atoms with van der Waals surface area (Å²) in [7, 11) is -3.51. The van der Waals surface area contributed by atoms with Gasteiger partial charge in [0.1, 0.15) is 22.1 Å². The first-order valence-corrected chi connectivity index (χ1v) is 11.0. The summed E-state index contributed by atoms with van der Waals surface area (Å²) in [6.07, 6.45) is 6.31. The molecule has 0 unspecified atom stereocenters. The third kappa shape index (κ3) is 3.22. The van der Waals surface area contributed by atoms with Crippen LogP contribution in [0.5, 0.6) is 0 Å². The van der Waals surface area contributed by atoms with Crippen LogP contribution in [0, 0.1) is 6.92 Å². The summed E-state index contributed by atoms with van der Waals surface area (Å²) in [5.41, 5.74) is 2.77. The normalized spacial score (nSPS) is 15.6. The molecule has 28 heavy (non-hydrogen) atoms. The van der Waals surface area contributed by atoms with E-state index >= 15 is 0 Å². The number of oxime groups is 1. The van der Waals surface area contributed by atoms with E-state index in [9.17, 15) is 13.6 Å². The quantitative estimate of drug-likeness (QED) is 0.513. The Bertz CT molecular complexity index is 1170. The van der Waals surface area contributed by atoms with Gasteiger partial charge in [-0.15, -0.1) is 11.3 Å². The minimum atomic E-state index is -3.51. The Labute approximate surface area is 165 Å². The number of aromatic nitrogens is 4. The van der Waals surface area contributed by atoms with Crippen molar-refractivity contribution in [3.05, 3.63) is 42.1 Å². The first kappa shape index (κ1) is 18.4. The largest absolute Gasteiger partial charge is 0.411 e. The zero-order chi connectivity index (χ0) is 19.9. The second-order valence-electron chi connectivity index (χ2n) is 6.23. The summed E-state index contributed by atoms with van der Waals surface area (Å²) in [5.74, 6) is 0.167. The molecule has 1 aliphatic rings. The van der Waals surface area contributed by atoms with Crippen LogP contribution in [0.1, 0.15) is 17.8 Å². The average molecular weight is 416 g/mol. The van der Waals surface area contributed by atoms with Crippen LogP contribution in [0.4, 0.5) is 5.82 Å². The molecule has 4 rings (SSSR count). The Balaban J connectivity index is 1.82. The van der Waals surface area contributed by atoms with Gasteiger partial charge in [0, 0.05) is 30.9 Å². The SMILES string of the molecule is Cc1nc(-c2cccnc2)sc1-c1cnc2c(n1)/C(=N/O)CCN2S(C)(=O)=O. The number of rotatable bonds is 3. The Kier molecular flexibility index (Phi) is 4.55. The van der Waals surface area contributed by atoms with Gasteiger partial charge in [0.25, 0.3) is 0 Å². The van der Waals surface area contributed by atoms with Gasteiger partial charge >= 0.3 is 0 Å². The predicted octanol–water partition coefficient (Wildman–Crippen LogP) is 2.32. The maximum Gasteiger partial charge on any atom is 0.233 e. The van der Waals surface area contributed by atoms with Gasteiger partial charge in [0.15, 0.2) is 5.82 Å². The van der Waals surface area contributed by atoms with Crippen LogP contribution in [-0.4, -0.2) is 52.1 Å². The Morgan fingerprint density at radius 2 is 2.11 bits per heavy atom. The lowest BCUT2D eigenvalue weighted by atomic mass is 10.1. The summed E-state index contributed by atoms with van der Waals surface area (Å²) in [6, 6.07) is 3.77. The van der Waals surface area contributed by atoms with Crippen molar-refractivity contribution in [2.24, 2.45) is 5.16 Å². The van der Waals surface area contributed by atoms with Gasteiger partial charge in [-0.3, -0.25) is 9.29 Å². The molecule has 144 valence electrons. The molecule has 0 saturated heterocycles. The second kappa shape index (κ2) is 6.91. The van der Waals surface area contributed by atoms with Crippen molar-refractivity contribution < 1.29 is 13.6 Å². The van der Waals surface area contributed by atoms with Crippen LogP contribution >= 0.6 is 11.3 Å². The summed E-state index contributed by atoms with van der Waals surface area (Å²) in [6.45, 7) is 2.03. The van der Waals surface area contributed by atoms with Gasteiger partial charge in [-0.1, -0.05) is 5.16 Å². The van der Waals surface area contributed by atoms with Gasteiger partial charge in [-0.25, -0.2) is 23.4 Å². The summed E-state index contributed by atoms with van der Waals surface area (Å²) < 4.78 is 25.3. The van der Waals surface area contributed by atoms with Gasteiger partial charge < -0.3 is 5.21 Å². The highest BCUT2D eigenvalue weighted by Gasteiger charge is 2.31. The number of aryl methyl sites for hydroxylation is 1. The molecule has 0 fully saturated rings. The molecule has 0 amide bonds. The number of anilines is 1. The van der Waals surface area contributed by atoms with Gasteiger partial charge in [0.2, 0.25) is 10.0 Å². The Morgan fingerprint density at radius 3 is 2.79 bits per heavy atom. The lowest BCUT2D eigenvalue weighted by Gasteiger charge is -2.27. The molecule has 4 heterocycles. The summed E-state index contributed by atoms with van der Waals surface area (Å²) >= 11 is 1.44. The molecule has 0 atom stereocenters. The van der Waals surface area contributed by atoms with Crippen molar-refractivity contribution in [2.45, 2.75) is 13.3 Å². The van der Waals surface area contributed by atoms with Crippen molar-refractivity contribution >= 4 is 32.9 Å². The maximum absolute atomic E-state index is 12.1. The standard InChI is InChI=1S/C17H16N6O3S2/c1-10-15(27-17(20-10)11-4-3-6-18-8-11)13-9-19-16-14(21-13)12(22-24)5-7-23(16)28(2,25)26/h3-4,6,8-9,24H,5,7H2,1-2H3/b22-12+. The minimum Gasteiger partial charge on any atom is -0.411 e. The van der Waals surface area contributed by atoms with Crippen molar-refractivity contribution in [1.29, 1.82) is 0 Å². The molecule has 9 nitrogen and oxygen atoms in total. The van der Waals surface area contributed by atoms with Crippen molar-refractivity contribution in [3.8, 4) is 21.1 Å². The molecule has 0 saturated carbocycles. The molecule has 0 spiro atoms. The zero-order valence-electron chi connectivity index (χ0n) is 15.1. The van der Waals surface area contributed by atoms with Crippen LogP contribution in [0.15, 0.2) is 35.9 Å².